The summed E-state index contributed by atoms with van der Waals surface area (Å²) in [6, 6.07) is 5.42. The van der Waals surface area contributed by atoms with Crippen molar-refractivity contribution < 1.29 is 14.3 Å². The van der Waals surface area contributed by atoms with Gasteiger partial charge in [0.2, 0.25) is 0 Å². The number of aromatic nitrogens is 3. The van der Waals surface area contributed by atoms with E-state index in [1.54, 1.807) is 31.0 Å². The van der Waals surface area contributed by atoms with Crippen LogP contribution in [0.3, 0.4) is 0 Å². The first-order valence-electron chi connectivity index (χ1n) is 6.38. The van der Waals surface area contributed by atoms with Crippen LogP contribution in [-0.2, 0) is 11.8 Å². The number of hydrogen-bond acceptors (Lipinski definition) is 6. The molecule has 2 rings (SSSR count). The van der Waals surface area contributed by atoms with Crippen molar-refractivity contribution in [2.45, 2.75) is 24.3 Å². The number of nitrogens with zero attached hydrogens (tertiary/aromatic N) is 3. The lowest BCUT2D eigenvalue weighted by Crippen LogP contribution is -2.20. The number of carbonyl (C=O) groups excluding carboxylic acids is 1. The summed E-state index contributed by atoms with van der Waals surface area (Å²) in [5.41, 5.74) is 1.04. The second kappa shape index (κ2) is 6.62. The van der Waals surface area contributed by atoms with Crippen LogP contribution < -0.4 is 9.47 Å². The quantitative estimate of drug-likeness (QED) is 0.479. The van der Waals surface area contributed by atoms with Crippen molar-refractivity contribution in [1.29, 1.82) is 0 Å². The summed E-state index contributed by atoms with van der Waals surface area (Å²) in [6.07, 6.45) is 1.59. The van der Waals surface area contributed by atoms with Crippen molar-refractivity contribution in [2.24, 2.45) is 7.05 Å². The van der Waals surface area contributed by atoms with Crippen LogP contribution in [0.25, 0.3) is 0 Å². The predicted octanol–water partition coefficient (Wildman–Crippen LogP) is 2.22. The zero-order valence-electron chi connectivity index (χ0n) is 12.4. The lowest BCUT2D eigenvalue weighted by molar-refractivity contribution is -0.133. The Morgan fingerprint density at radius 3 is 2.76 bits per heavy atom. The first-order valence-corrected chi connectivity index (χ1v) is 7.26. The van der Waals surface area contributed by atoms with Gasteiger partial charge in [-0.1, -0.05) is 17.8 Å². The number of hydrogen-bond donors (Lipinski definition) is 0. The maximum Gasteiger partial charge on any atom is 0.324 e. The Morgan fingerprint density at radius 1 is 1.38 bits per heavy atom. The fourth-order valence-corrected chi connectivity index (χ4v) is 2.40. The summed E-state index contributed by atoms with van der Waals surface area (Å²) in [4.78, 5) is 12.1. The molecule has 6 nitrogen and oxygen atoms in total. The van der Waals surface area contributed by atoms with E-state index in [4.69, 9.17) is 9.47 Å². The third-order valence-electron chi connectivity index (χ3n) is 2.81. The molecule has 0 saturated carbocycles. The van der Waals surface area contributed by atoms with Gasteiger partial charge in [-0.15, -0.1) is 10.2 Å². The second-order valence-electron chi connectivity index (χ2n) is 4.56. The van der Waals surface area contributed by atoms with E-state index in [2.05, 4.69) is 10.2 Å². The van der Waals surface area contributed by atoms with Crippen molar-refractivity contribution >= 4 is 17.7 Å². The smallest absolute Gasteiger partial charge is 0.324 e. The minimum absolute atomic E-state index is 0.356. The molecular weight excluding hydrogens is 290 g/mol. The van der Waals surface area contributed by atoms with Crippen LogP contribution in [0.15, 0.2) is 29.7 Å². The highest BCUT2D eigenvalue weighted by atomic mass is 32.2. The Kier molecular flexibility index (Phi) is 4.85. The third-order valence-corrected chi connectivity index (χ3v) is 3.94. The van der Waals surface area contributed by atoms with Crippen LogP contribution in [0.2, 0.25) is 0 Å². The van der Waals surface area contributed by atoms with Crippen molar-refractivity contribution in [3.63, 3.8) is 0 Å². The summed E-state index contributed by atoms with van der Waals surface area (Å²) in [7, 11) is 3.37. The van der Waals surface area contributed by atoms with Gasteiger partial charge < -0.3 is 14.0 Å². The number of benzene rings is 1. The van der Waals surface area contributed by atoms with E-state index in [0.717, 1.165) is 5.56 Å². The largest absolute Gasteiger partial charge is 0.493 e. The molecule has 0 aliphatic carbocycles. The molecule has 1 atom stereocenters. The molecule has 112 valence electrons. The van der Waals surface area contributed by atoms with E-state index in [9.17, 15) is 4.79 Å². The predicted molar refractivity (Wildman–Crippen MR) is 79.7 cm³/mol. The van der Waals surface area contributed by atoms with Gasteiger partial charge in [-0.3, -0.25) is 4.79 Å². The lowest BCUT2D eigenvalue weighted by Gasteiger charge is -2.13. The molecule has 0 N–H and O–H groups in total. The summed E-state index contributed by atoms with van der Waals surface area (Å²) >= 11 is 1.29. The molecule has 1 heterocycles. The average molecular weight is 307 g/mol. The SMILES string of the molecule is COc1cc(C)ccc1OC(=O)[C@@H](C)Sc1nncn1C. The van der Waals surface area contributed by atoms with Crippen LogP contribution in [0.4, 0.5) is 0 Å². The molecule has 0 fully saturated rings. The van der Waals surface area contributed by atoms with E-state index in [0.29, 0.717) is 16.7 Å². The van der Waals surface area contributed by atoms with E-state index < -0.39 is 5.25 Å². The monoisotopic (exact) mass is 307 g/mol. The molecule has 0 aliphatic rings. The zero-order valence-corrected chi connectivity index (χ0v) is 13.2. The normalized spacial score (nSPS) is 12.0. The molecule has 0 bridgehead atoms. The molecular formula is C14H17N3O3S. The van der Waals surface area contributed by atoms with Gasteiger partial charge in [-0.25, -0.2) is 0 Å². The van der Waals surface area contributed by atoms with Crippen molar-refractivity contribution in [1.82, 2.24) is 14.8 Å². The van der Waals surface area contributed by atoms with Gasteiger partial charge in [0, 0.05) is 7.05 Å². The number of thioether (sulfide) groups is 1. The summed E-state index contributed by atoms with van der Waals surface area (Å²) < 4.78 is 12.4. The van der Waals surface area contributed by atoms with Crippen molar-refractivity contribution in [2.75, 3.05) is 7.11 Å². The Labute approximate surface area is 127 Å². The Bertz CT molecular complexity index is 642. The van der Waals surface area contributed by atoms with Gasteiger partial charge in [-0.2, -0.15) is 0 Å². The van der Waals surface area contributed by atoms with Gasteiger partial charge in [0.25, 0.3) is 0 Å². The highest BCUT2D eigenvalue weighted by Gasteiger charge is 2.20. The number of methoxy groups -OCH3 is 1. The van der Waals surface area contributed by atoms with Crippen LogP contribution in [0, 0.1) is 6.92 Å². The summed E-state index contributed by atoms with van der Waals surface area (Å²) in [5.74, 6) is 0.600. The average Bonchev–Trinajstić information content (AvgIpc) is 2.86. The standard InChI is InChI=1S/C14H17N3O3S/c1-9-5-6-11(12(7-9)19-4)20-13(18)10(2)21-14-16-15-8-17(14)3/h5-8,10H,1-4H3/t10-/m1/s1. The molecule has 0 unspecified atom stereocenters. The van der Waals surface area contributed by atoms with Crippen molar-refractivity contribution in [3.05, 3.63) is 30.1 Å². The van der Waals surface area contributed by atoms with Crippen LogP contribution >= 0.6 is 11.8 Å². The lowest BCUT2D eigenvalue weighted by atomic mass is 10.2. The number of esters is 1. The number of carbonyl (C=O) groups is 1. The molecule has 0 saturated heterocycles. The molecule has 1 aromatic heterocycles. The second-order valence-corrected chi connectivity index (χ2v) is 5.87. The van der Waals surface area contributed by atoms with Gasteiger partial charge in [-0.05, 0) is 31.5 Å². The minimum atomic E-state index is -0.404. The molecule has 7 heteroatoms. The van der Waals surface area contributed by atoms with Crippen LogP contribution in [0.1, 0.15) is 12.5 Å². The van der Waals surface area contributed by atoms with Gasteiger partial charge in [0.15, 0.2) is 16.7 Å². The van der Waals surface area contributed by atoms with Crippen LogP contribution in [0.5, 0.6) is 11.5 Å². The number of aryl methyl sites for hydroxylation is 2. The highest BCUT2D eigenvalue weighted by molar-refractivity contribution is 8.00. The van der Waals surface area contributed by atoms with Crippen LogP contribution in [-0.4, -0.2) is 33.1 Å². The number of ether oxygens (including phenoxy) is 2. The summed E-state index contributed by atoms with van der Waals surface area (Å²) in [6.45, 7) is 3.71. The minimum Gasteiger partial charge on any atom is -0.493 e. The molecule has 0 radical (unpaired) electrons. The maximum absolute atomic E-state index is 12.1. The molecule has 0 aliphatic heterocycles. The van der Waals surface area contributed by atoms with E-state index >= 15 is 0 Å². The first kappa shape index (κ1) is 15.4. The zero-order chi connectivity index (χ0) is 15.4. The third kappa shape index (κ3) is 3.75. The fourth-order valence-electron chi connectivity index (χ4n) is 1.64. The fraction of sp³-hybridized carbons (Fsp3) is 0.357. The topological polar surface area (TPSA) is 66.2 Å². The molecule has 0 amide bonds. The molecule has 2 aromatic rings. The van der Waals surface area contributed by atoms with E-state index in [1.165, 1.54) is 11.8 Å². The van der Waals surface area contributed by atoms with Gasteiger partial charge in [0.1, 0.15) is 11.6 Å². The maximum atomic E-state index is 12.1. The molecule has 21 heavy (non-hydrogen) atoms. The van der Waals surface area contributed by atoms with E-state index in [-0.39, 0.29) is 5.97 Å². The Hall–Kier alpha value is -2.02. The van der Waals surface area contributed by atoms with Gasteiger partial charge >= 0.3 is 5.97 Å². The summed E-state index contributed by atoms with van der Waals surface area (Å²) in [5, 5.41) is 7.97. The highest BCUT2D eigenvalue weighted by Crippen LogP contribution is 2.29. The number of rotatable bonds is 5. The first-order chi connectivity index (χ1) is 10.0. The Balaban J connectivity index is 2.05. The van der Waals surface area contributed by atoms with Crippen molar-refractivity contribution in [3.8, 4) is 11.5 Å². The molecule has 1 aromatic carbocycles. The molecule has 0 spiro atoms. The van der Waals surface area contributed by atoms with Gasteiger partial charge in [0.05, 0.1) is 7.11 Å². The van der Waals surface area contributed by atoms with E-state index in [1.807, 2.05) is 26.1 Å². The Morgan fingerprint density at radius 2 is 2.14 bits per heavy atom.